The van der Waals surface area contributed by atoms with E-state index in [0.717, 1.165) is 60.9 Å². The number of nitrogens with one attached hydrogen (secondary N) is 1. The summed E-state index contributed by atoms with van der Waals surface area (Å²) in [4.78, 5) is 53.1. The Labute approximate surface area is 202 Å². The van der Waals surface area contributed by atoms with Gasteiger partial charge in [-0.15, -0.1) is 0 Å². The number of ketones is 1. The normalized spacial score (nSPS) is 19.9. The van der Waals surface area contributed by atoms with Gasteiger partial charge in [0.2, 0.25) is 5.78 Å². The van der Waals surface area contributed by atoms with Gasteiger partial charge in [0.1, 0.15) is 5.82 Å². The van der Waals surface area contributed by atoms with Crippen molar-refractivity contribution in [1.82, 2.24) is 20.0 Å². The zero-order chi connectivity index (χ0) is 24.7. The zero-order valence-corrected chi connectivity index (χ0v) is 19.8. The molecule has 0 spiro atoms. The van der Waals surface area contributed by atoms with Crippen molar-refractivity contribution in [2.24, 2.45) is 5.92 Å². The first-order valence-electron chi connectivity index (χ1n) is 12.3. The molecule has 1 aromatic heterocycles. The molecule has 184 valence electrons. The number of aromatic amines is 1. The lowest BCUT2D eigenvalue weighted by molar-refractivity contribution is -0.148. The fourth-order valence-electron chi connectivity index (χ4n) is 5.19. The third-order valence-corrected chi connectivity index (χ3v) is 7.35. The monoisotopic (exact) mass is 480 g/mol. The van der Waals surface area contributed by atoms with Gasteiger partial charge in [-0.1, -0.05) is 6.07 Å². The third kappa shape index (κ3) is 4.63. The Kier molecular flexibility index (Phi) is 6.25. The van der Waals surface area contributed by atoms with E-state index in [9.17, 15) is 23.6 Å². The molecule has 2 fully saturated rings. The minimum atomic E-state index is -0.606. The zero-order valence-electron chi connectivity index (χ0n) is 19.8. The molecule has 1 unspecified atom stereocenters. The van der Waals surface area contributed by atoms with Crippen LogP contribution < -0.4 is 5.56 Å². The SMILES string of the molecule is CC1CN(C(=O)c2cc(Cc3n[nH]c(=O)c4c3CCCC4)ccc2F)CCN1C(=O)C(=O)C1CC1. The first kappa shape index (κ1) is 23.4. The van der Waals surface area contributed by atoms with E-state index in [0.29, 0.717) is 6.42 Å². The summed E-state index contributed by atoms with van der Waals surface area (Å²) in [7, 11) is 0. The van der Waals surface area contributed by atoms with E-state index in [1.165, 1.54) is 11.0 Å². The maximum Gasteiger partial charge on any atom is 0.290 e. The summed E-state index contributed by atoms with van der Waals surface area (Å²) in [5, 5.41) is 6.82. The molecule has 9 heteroatoms. The Morgan fingerprint density at radius 3 is 2.57 bits per heavy atom. The van der Waals surface area contributed by atoms with E-state index in [-0.39, 0.29) is 48.5 Å². The van der Waals surface area contributed by atoms with Gasteiger partial charge in [0, 0.05) is 43.6 Å². The van der Waals surface area contributed by atoms with Crippen molar-refractivity contribution in [2.75, 3.05) is 19.6 Å². The van der Waals surface area contributed by atoms with Crippen LogP contribution in [0.4, 0.5) is 4.39 Å². The highest BCUT2D eigenvalue weighted by Gasteiger charge is 2.40. The maximum absolute atomic E-state index is 14.7. The van der Waals surface area contributed by atoms with Crippen molar-refractivity contribution in [2.45, 2.75) is 57.9 Å². The predicted molar refractivity (Wildman–Crippen MR) is 126 cm³/mol. The van der Waals surface area contributed by atoms with E-state index in [4.69, 9.17) is 0 Å². The van der Waals surface area contributed by atoms with E-state index >= 15 is 0 Å². The molecule has 35 heavy (non-hydrogen) atoms. The first-order valence-corrected chi connectivity index (χ1v) is 12.3. The number of rotatable bonds is 5. The van der Waals surface area contributed by atoms with Crippen molar-refractivity contribution >= 4 is 17.6 Å². The number of piperazine rings is 1. The number of amides is 2. The molecular weight excluding hydrogens is 451 g/mol. The molecule has 1 saturated heterocycles. The molecule has 1 atom stereocenters. The maximum atomic E-state index is 14.7. The molecule has 8 nitrogen and oxygen atoms in total. The second kappa shape index (κ2) is 9.36. The average Bonchev–Trinajstić information content (AvgIpc) is 3.71. The topological polar surface area (TPSA) is 103 Å². The fraction of sp³-hybridized carbons (Fsp3) is 0.500. The van der Waals surface area contributed by atoms with Gasteiger partial charge in [0.15, 0.2) is 0 Å². The third-order valence-electron chi connectivity index (χ3n) is 7.35. The Bertz CT molecular complexity index is 1250. The van der Waals surface area contributed by atoms with Crippen molar-refractivity contribution in [3.63, 3.8) is 0 Å². The summed E-state index contributed by atoms with van der Waals surface area (Å²) in [6, 6.07) is 4.15. The number of aromatic nitrogens is 2. The van der Waals surface area contributed by atoms with Crippen LogP contribution in [0, 0.1) is 11.7 Å². The van der Waals surface area contributed by atoms with Crippen LogP contribution >= 0.6 is 0 Å². The van der Waals surface area contributed by atoms with Crippen molar-refractivity contribution < 1.29 is 18.8 Å². The number of carbonyl (C=O) groups excluding carboxylic acids is 3. The van der Waals surface area contributed by atoms with E-state index < -0.39 is 17.6 Å². The summed E-state index contributed by atoms with van der Waals surface area (Å²) in [5.41, 5.74) is 3.06. The van der Waals surface area contributed by atoms with Crippen LogP contribution in [-0.4, -0.2) is 63.3 Å². The van der Waals surface area contributed by atoms with Crippen LogP contribution in [0.2, 0.25) is 0 Å². The molecule has 2 amide bonds. The molecule has 0 radical (unpaired) electrons. The van der Waals surface area contributed by atoms with Crippen LogP contribution in [0.15, 0.2) is 23.0 Å². The summed E-state index contributed by atoms with van der Waals surface area (Å²) in [6.07, 6.45) is 5.42. The van der Waals surface area contributed by atoms with Gasteiger partial charge in [0.25, 0.3) is 17.4 Å². The highest BCUT2D eigenvalue weighted by Crippen LogP contribution is 2.31. The molecule has 1 N–H and O–H groups in total. The molecule has 2 heterocycles. The van der Waals surface area contributed by atoms with Crippen LogP contribution in [-0.2, 0) is 28.9 Å². The van der Waals surface area contributed by atoms with Gasteiger partial charge >= 0.3 is 0 Å². The van der Waals surface area contributed by atoms with Crippen LogP contribution in [0.5, 0.6) is 0 Å². The Balaban J connectivity index is 1.31. The van der Waals surface area contributed by atoms with Gasteiger partial charge in [-0.25, -0.2) is 9.49 Å². The van der Waals surface area contributed by atoms with Crippen LogP contribution in [0.3, 0.4) is 0 Å². The van der Waals surface area contributed by atoms with Gasteiger partial charge < -0.3 is 9.80 Å². The molecule has 1 saturated carbocycles. The van der Waals surface area contributed by atoms with E-state index in [1.807, 2.05) is 0 Å². The number of benzene rings is 1. The van der Waals surface area contributed by atoms with Crippen molar-refractivity contribution in [1.29, 1.82) is 0 Å². The van der Waals surface area contributed by atoms with Crippen molar-refractivity contribution in [3.05, 3.63) is 62.3 Å². The van der Waals surface area contributed by atoms with Gasteiger partial charge in [-0.3, -0.25) is 19.2 Å². The minimum absolute atomic E-state index is 0.0261. The quantitative estimate of drug-likeness (QED) is 0.660. The first-order chi connectivity index (χ1) is 16.8. The molecule has 0 bridgehead atoms. The molecule has 1 aromatic carbocycles. The largest absolute Gasteiger partial charge is 0.335 e. The summed E-state index contributed by atoms with van der Waals surface area (Å²) >= 11 is 0. The molecule has 2 aliphatic carbocycles. The molecular formula is C26H29FN4O4. The smallest absolute Gasteiger partial charge is 0.290 e. The average molecular weight is 481 g/mol. The second-order valence-electron chi connectivity index (χ2n) is 9.89. The fourth-order valence-corrected chi connectivity index (χ4v) is 5.19. The molecule has 3 aliphatic rings. The number of hydrogen-bond acceptors (Lipinski definition) is 5. The number of H-pyrrole nitrogens is 1. The lowest BCUT2D eigenvalue weighted by Gasteiger charge is -2.39. The lowest BCUT2D eigenvalue weighted by atomic mass is 9.90. The number of halogens is 1. The van der Waals surface area contributed by atoms with Crippen LogP contribution in [0.1, 0.15) is 65.3 Å². The highest BCUT2D eigenvalue weighted by atomic mass is 19.1. The lowest BCUT2D eigenvalue weighted by Crippen LogP contribution is -2.57. The summed E-state index contributed by atoms with van der Waals surface area (Å²) in [6.45, 7) is 2.53. The number of carbonyl (C=O) groups is 3. The highest BCUT2D eigenvalue weighted by molar-refractivity contribution is 6.37. The van der Waals surface area contributed by atoms with E-state index in [1.54, 1.807) is 24.0 Å². The van der Waals surface area contributed by atoms with Gasteiger partial charge in [-0.2, -0.15) is 5.10 Å². The Morgan fingerprint density at radius 2 is 1.86 bits per heavy atom. The Morgan fingerprint density at radius 1 is 1.11 bits per heavy atom. The number of fused-ring (bicyclic) bond motifs is 1. The summed E-state index contributed by atoms with van der Waals surface area (Å²) < 4.78 is 14.7. The Hall–Kier alpha value is -3.36. The molecule has 2 aromatic rings. The molecule has 1 aliphatic heterocycles. The number of nitrogens with zero attached hydrogens (tertiary/aromatic N) is 3. The predicted octanol–water partition coefficient (Wildman–Crippen LogP) is 2.03. The number of Topliss-reactive ketones (excluding diaryl/α,β-unsaturated/α-hetero) is 1. The van der Waals surface area contributed by atoms with Gasteiger partial charge in [0.05, 0.1) is 11.3 Å². The second-order valence-corrected chi connectivity index (χ2v) is 9.89. The van der Waals surface area contributed by atoms with E-state index in [2.05, 4.69) is 10.2 Å². The summed E-state index contributed by atoms with van der Waals surface area (Å²) in [5.74, 6) is -2.00. The van der Waals surface area contributed by atoms with Crippen molar-refractivity contribution in [3.8, 4) is 0 Å². The standard InChI is InChI=1S/C26H29FN4O4/c1-15-14-30(10-11-31(15)26(35)23(32)17-7-8-17)25(34)20-12-16(6-9-21(20)27)13-22-18-4-2-3-5-19(18)24(33)29-28-22/h6,9,12,15,17H,2-5,7-8,10-11,13-14H2,1H3,(H,29,33). The molecule has 5 rings (SSSR count). The minimum Gasteiger partial charge on any atom is -0.335 e. The number of hydrogen-bond donors (Lipinski definition) is 1. The van der Waals surface area contributed by atoms with Crippen LogP contribution in [0.25, 0.3) is 0 Å². The van der Waals surface area contributed by atoms with Gasteiger partial charge in [-0.05, 0) is 68.7 Å².